The Morgan fingerprint density at radius 3 is 2.95 bits per heavy atom. The van der Waals surface area contributed by atoms with E-state index in [2.05, 4.69) is 27.4 Å². The first-order valence-corrected chi connectivity index (χ1v) is 8.47. The molecule has 3 nitrogen and oxygen atoms in total. The van der Waals surface area contributed by atoms with Crippen LogP contribution in [0.2, 0.25) is 0 Å². The number of aromatic nitrogens is 1. The van der Waals surface area contributed by atoms with Crippen molar-refractivity contribution in [3.05, 3.63) is 52.5 Å². The highest BCUT2D eigenvalue weighted by molar-refractivity contribution is 7.09. The molecule has 0 saturated carbocycles. The third-order valence-electron chi connectivity index (χ3n) is 4.04. The van der Waals surface area contributed by atoms with Crippen molar-refractivity contribution in [2.75, 3.05) is 6.54 Å². The summed E-state index contributed by atoms with van der Waals surface area (Å²) >= 11 is 1.78. The van der Waals surface area contributed by atoms with Gasteiger partial charge in [-0.1, -0.05) is 25.0 Å². The molecule has 1 atom stereocenters. The lowest BCUT2D eigenvalue weighted by Gasteiger charge is -2.29. The topological polar surface area (TPSA) is 33.2 Å². The van der Waals surface area contributed by atoms with Gasteiger partial charge in [0, 0.05) is 30.1 Å². The fourth-order valence-electron chi connectivity index (χ4n) is 2.95. The fraction of sp³-hybridized carbons (Fsp3) is 0.412. The van der Waals surface area contributed by atoms with E-state index in [1.165, 1.54) is 17.7 Å². The van der Waals surface area contributed by atoms with Gasteiger partial charge >= 0.3 is 0 Å². The SMILES string of the molecule is O=C(c1ccccn1)N1CCCCC[C@@H]1Cc1cccs1. The number of thiophene rings is 1. The molecule has 0 bridgehead atoms. The van der Waals surface area contributed by atoms with Crippen molar-refractivity contribution in [2.45, 2.75) is 38.1 Å². The Hall–Kier alpha value is -1.68. The predicted octanol–water partition coefficient (Wildman–Crippen LogP) is 3.77. The van der Waals surface area contributed by atoms with Crippen molar-refractivity contribution in [3.63, 3.8) is 0 Å². The monoisotopic (exact) mass is 300 g/mol. The Balaban J connectivity index is 1.80. The molecule has 1 aliphatic rings. The summed E-state index contributed by atoms with van der Waals surface area (Å²) in [7, 11) is 0. The lowest BCUT2D eigenvalue weighted by molar-refractivity contribution is 0.0677. The van der Waals surface area contributed by atoms with Crippen LogP contribution < -0.4 is 0 Å². The molecule has 2 aromatic heterocycles. The van der Waals surface area contributed by atoms with Crippen LogP contribution in [0, 0.1) is 0 Å². The lowest BCUT2D eigenvalue weighted by Crippen LogP contribution is -2.41. The van der Waals surface area contributed by atoms with E-state index in [1.807, 2.05) is 18.2 Å². The Bertz CT molecular complexity index is 568. The van der Waals surface area contributed by atoms with E-state index in [0.29, 0.717) is 11.7 Å². The molecule has 0 radical (unpaired) electrons. The minimum absolute atomic E-state index is 0.0825. The highest BCUT2D eigenvalue weighted by atomic mass is 32.1. The average Bonchev–Trinajstić information content (AvgIpc) is 2.92. The molecule has 110 valence electrons. The van der Waals surface area contributed by atoms with Gasteiger partial charge in [0.15, 0.2) is 0 Å². The van der Waals surface area contributed by atoms with Gasteiger partial charge in [-0.05, 0) is 36.4 Å². The second kappa shape index (κ2) is 6.85. The Labute approximate surface area is 129 Å². The fourth-order valence-corrected chi connectivity index (χ4v) is 3.73. The van der Waals surface area contributed by atoms with Gasteiger partial charge in [0.2, 0.25) is 0 Å². The van der Waals surface area contributed by atoms with Crippen LogP contribution in [0.4, 0.5) is 0 Å². The van der Waals surface area contributed by atoms with Gasteiger partial charge in [-0.25, -0.2) is 0 Å². The molecule has 0 aliphatic carbocycles. The van der Waals surface area contributed by atoms with E-state index >= 15 is 0 Å². The molecular formula is C17H20N2OS. The van der Waals surface area contributed by atoms with Gasteiger partial charge in [0.25, 0.3) is 5.91 Å². The molecule has 1 saturated heterocycles. The molecule has 0 N–H and O–H groups in total. The van der Waals surface area contributed by atoms with Crippen molar-refractivity contribution in [1.29, 1.82) is 0 Å². The van der Waals surface area contributed by atoms with Crippen LogP contribution in [0.15, 0.2) is 41.9 Å². The van der Waals surface area contributed by atoms with Gasteiger partial charge in [-0.3, -0.25) is 9.78 Å². The van der Waals surface area contributed by atoms with Crippen LogP contribution in [-0.2, 0) is 6.42 Å². The lowest BCUT2D eigenvalue weighted by atomic mass is 10.1. The van der Waals surface area contributed by atoms with Crippen molar-refractivity contribution >= 4 is 17.2 Å². The molecule has 21 heavy (non-hydrogen) atoms. The summed E-state index contributed by atoms with van der Waals surface area (Å²) < 4.78 is 0. The maximum atomic E-state index is 12.8. The number of likely N-dealkylation sites (tertiary alicyclic amines) is 1. The van der Waals surface area contributed by atoms with Gasteiger partial charge in [-0.2, -0.15) is 0 Å². The summed E-state index contributed by atoms with van der Waals surface area (Å²) in [4.78, 5) is 20.4. The van der Waals surface area contributed by atoms with Gasteiger partial charge in [0.1, 0.15) is 5.69 Å². The Morgan fingerprint density at radius 1 is 1.24 bits per heavy atom. The van der Waals surface area contributed by atoms with Gasteiger partial charge in [-0.15, -0.1) is 11.3 Å². The van der Waals surface area contributed by atoms with E-state index in [9.17, 15) is 4.79 Å². The maximum Gasteiger partial charge on any atom is 0.272 e. The number of carbonyl (C=O) groups is 1. The van der Waals surface area contributed by atoms with Crippen molar-refractivity contribution in [3.8, 4) is 0 Å². The molecule has 2 aromatic rings. The number of carbonyl (C=O) groups excluding carboxylic acids is 1. The Morgan fingerprint density at radius 2 is 2.19 bits per heavy atom. The van der Waals surface area contributed by atoms with Crippen LogP contribution >= 0.6 is 11.3 Å². The van der Waals surface area contributed by atoms with Crippen LogP contribution in [0.5, 0.6) is 0 Å². The highest BCUT2D eigenvalue weighted by Crippen LogP contribution is 2.23. The van der Waals surface area contributed by atoms with Gasteiger partial charge < -0.3 is 4.90 Å². The standard InChI is InChI=1S/C17H20N2OS/c20-17(16-9-3-4-10-18-16)19-11-5-1-2-7-14(19)13-15-8-6-12-21-15/h3-4,6,8-10,12,14H,1-2,5,7,11,13H2/t14-/m1/s1. The van der Waals surface area contributed by atoms with Crippen molar-refractivity contribution in [1.82, 2.24) is 9.88 Å². The first-order chi connectivity index (χ1) is 10.3. The summed E-state index contributed by atoms with van der Waals surface area (Å²) in [6, 6.07) is 10.1. The summed E-state index contributed by atoms with van der Waals surface area (Å²) in [5, 5.41) is 2.11. The first-order valence-electron chi connectivity index (χ1n) is 7.59. The molecular weight excluding hydrogens is 280 g/mol. The van der Waals surface area contributed by atoms with E-state index in [4.69, 9.17) is 0 Å². The second-order valence-electron chi connectivity index (χ2n) is 5.50. The largest absolute Gasteiger partial charge is 0.334 e. The van der Waals surface area contributed by atoms with E-state index in [-0.39, 0.29) is 5.91 Å². The normalized spacial score (nSPS) is 19.2. The number of pyridine rings is 1. The zero-order valence-electron chi connectivity index (χ0n) is 12.1. The number of amides is 1. The van der Waals surface area contributed by atoms with E-state index in [0.717, 1.165) is 25.8 Å². The molecule has 0 aromatic carbocycles. The van der Waals surface area contributed by atoms with Crippen LogP contribution in [0.3, 0.4) is 0 Å². The summed E-state index contributed by atoms with van der Waals surface area (Å²) in [5.41, 5.74) is 0.565. The Kier molecular flexibility index (Phi) is 4.65. The van der Waals surface area contributed by atoms with Crippen molar-refractivity contribution in [2.24, 2.45) is 0 Å². The highest BCUT2D eigenvalue weighted by Gasteiger charge is 2.27. The first kappa shape index (κ1) is 14.3. The average molecular weight is 300 g/mol. The van der Waals surface area contributed by atoms with Crippen LogP contribution in [0.1, 0.15) is 41.0 Å². The zero-order chi connectivity index (χ0) is 14.5. The summed E-state index contributed by atoms with van der Waals surface area (Å²) in [6.45, 7) is 0.853. The zero-order valence-corrected chi connectivity index (χ0v) is 12.9. The molecule has 3 rings (SSSR count). The van der Waals surface area contributed by atoms with E-state index < -0.39 is 0 Å². The van der Waals surface area contributed by atoms with E-state index in [1.54, 1.807) is 17.5 Å². The maximum absolute atomic E-state index is 12.8. The summed E-state index contributed by atoms with van der Waals surface area (Å²) in [6.07, 6.45) is 7.28. The van der Waals surface area contributed by atoms with Crippen LogP contribution in [0.25, 0.3) is 0 Å². The molecule has 0 spiro atoms. The number of nitrogens with zero attached hydrogens (tertiary/aromatic N) is 2. The van der Waals surface area contributed by atoms with Crippen LogP contribution in [-0.4, -0.2) is 28.4 Å². The third-order valence-corrected chi connectivity index (χ3v) is 4.94. The minimum atomic E-state index is 0.0825. The molecule has 1 aliphatic heterocycles. The number of hydrogen-bond donors (Lipinski definition) is 0. The summed E-state index contributed by atoms with van der Waals surface area (Å²) in [5.74, 6) is 0.0825. The smallest absolute Gasteiger partial charge is 0.272 e. The molecule has 4 heteroatoms. The van der Waals surface area contributed by atoms with Crippen molar-refractivity contribution < 1.29 is 4.79 Å². The predicted molar refractivity (Wildman–Crippen MR) is 85.6 cm³/mol. The molecule has 1 fully saturated rings. The molecule has 1 amide bonds. The quantitative estimate of drug-likeness (QED) is 0.864. The second-order valence-corrected chi connectivity index (χ2v) is 6.53. The number of hydrogen-bond acceptors (Lipinski definition) is 3. The minimum Gasteiger partial charge on any atom is -0.334 e. The molecule has 0 unspecified atom stereocenters. The molecule has 3 heterocycles. The number of rotatable bonds is 3. The third kappa shape index (κ3) is 3.50. The van der Waals surface area contributed by atoms with Gasteiger partial charge in [0.05, 0.1) is 0 Å².